The largest absolute Gasteiger partial charge is 0.452 e. The van der Waals surface area contributed by atoms with Crippen LogP contribution < -0.4 is 0 Å². The van der Waals surface area contributed by atoms with Gasteiger partial charge in [0.1, 0.15) is 0 Å². The average Bonchev–Trinajstić information content (AvgIpc) is 3.02. The number of carbonyl (C=O) groups excluding carboxylic acids is 1. The normalized spacial score (nSPS) is 10.5. The fraction of sp³-hybridized carbons (Fsp3) is 0.118. The first-order valence-electron chi connectivity index (χ1n) is 6.94. The molecule has 3 rings (SSSR count). The molecule has 0 atom stereocenters. The maximum Gasteiger partial charge on any atom is 0.338 e. The van der Waals surface area contributed by atoms with Crippen molar-refractivity contribution in [2.45, 2.75) is 13.5 Å². The molecule has 23 heavy (non-hydrogen) atoms. The van der Waals surface area contributed by atoms with Crippen molar-refractivity contribution in [3.63, 3.8) is 0 Å². The average molecular weight is 329 g/mol. The molecule has 0 aliphatic carbocycles. The van der Waals surface area contributed by atoms with Crippen LogP contribution in [0, 0.1) is 6.92 Å². The molecule has 0 spiro atoms. The summed E-state index contributed by atoms with van der Waals surface area (Å²) in [5.41, 5.74) is 2.18. The quantitative estimate of drug-likeness (QED) is 0.676. The van der Waals surface area contributed by atoms with Crippen LogP contribution in [0.5, 0.6) is 0 Å². The van der Waals surface area contributed by atoms with Gasteiger partial charge < -0.3 is 9.15 Å². The van der Waals surface area contributed by atoms with E-state index in [0.717, 1.165) is 5.56 Å². The van der Waals surface area contributed by atoms with Crippen molar-refractivity contribution in [1.29, 1.82) is 0 Å². The highest BCUT2D eigenvalue weighted by Gasteiger charge is 2.13. The van der Waals surface area contributed by atoms with E-state index in [1.807, 2.05) is 31.2 Å². The minimum Gasteiger partial charge on any atom is -0.452 e. The van der Waals surface area contributed by atoms with Crippen LogP contribution in [0.3, 0.4) is 0 Å². The van der Waals surface area contributed by atoms with Gasteiger partial charge in [-0.05, 0) is 31.2 Å². The molecule has 0 saturated carbocycles. The third kappa shape index (κ3) is 3.57. The first-order chi connectivity index (χ1) is 11.1. The maximum atomic E-state index is 11.9. The second kappa shape index (κ2) is 6.62. The van der Waals surface area contributed by atoms with E-state index in [4.69, 9.17) is 20.8 Å². The number of halogens is 1. The Bertz CT molecular complexity index is 828. The van der Waals surface area contributed by atoms with Crippen molar-refractivity contribution in [3.05, 3.63) is 70.6 Å². The van der Waals surface area contributed by atoms with Gasteiger partial charge in [0.15, 0.2) is 6.61 Å². The molecule has 6 heteroatoms. The molecule has 116 valence electrons. The van der Waals surface area contributed by atoms with Gasteiger partial charge in [-0.15, -0.1) is 10.2 Å². The number of nitrogens with zero attached hydrogens (tertiary/aromatic N) is 2. The van der Waals surface area contributed by atoms with Gasteiger partial charge in [0, 0.05) is 0 Å². The molecule has 1 heterocycles. The predicted molar refractivity (Wildman–Crippen MR) is 85.0 cm³/mol. The van der Waals surface area contributed by atoms with E-state index in [0.29, 0.717) is 16.1 Å². The Morgan fingerprint density at radius 3 is 2.61 bits per heavy atom. The number of carbonyl (C=O) groups is 1. The molecular formula is C17H13ClN2O3. The molecular weight excluding hydrogens is 316 g/mol. The molecule has 0 amide bonds. The van der Waals surface area contributed by atoms with E-state index in [2.05, 4.69) is 10.2 Å². The van der Waals surface area contributed by atoms with Crippen molar-refractivity contribution in [1.82, 2.24) is 10.2 Å². The second-order valence-electron chi connectivity index (χ2n) is 4.92. The lowest BCUT2D eigenvalue weighted by atomic mass is 10.1. The fourth-order valence-corrected chi connectivity index (χ4v) is 2.17. The highest BCUT2D eigenvalue weighted by molar-refractivity contribution is 6.33. The van der Waals surface area contributed by atoms with Crippen LogP contribution in [0.15, 0.2) is 52.9 Å². The molecule has 0 saturated heterocycles. The lowest BCUT2D eigenvalue weighted by Gasteiger charge is -2.02. The number of esters is 1. The van der Waals surface area contributed by atoms with Gasteiger partial charge in [0.2, 0.25) is 5.89 Å². The highest BCUT2D eigenvalue weighted by Crippen LogP contribution is 2.26. The summed E-state index contributed by atoms with van der Waals surface area (Å²) in [7, 11) is 0. The maximum absolute atomic E-state index is 11.9. The van der Waals surface area contributed by atoms with Crippen molar-refractivity contribution >= 4 is 17.6 Å². The van der Waals surface area contributed by atoms with E-state index >= 15 is 0 Å². The van der Waals surface area contributed by atoms with Crippen LogP contribution in [-0.2, 0) is 11.3 Å². The zero-order chi connectivity index (χ0) is 16.2. The summed E-state index contributed by atoms with van der Waals surface area (Å²) in [6.07, 6.45) is 0. The third-order valence-electron chi connectivity index (χ3n) is 3.19. The molecule has 0 radical (unpaired) electrons. The van der Waals surface area contributed by atoms with Crippen LogP contribution >= 0.6 is 11.6 Å². The number of ether oxygens (including phenoxy) is 1. The summed E-state index contributed by atoms with van der Waals surface area (Å²) in [5, 5.41) is 8.29. The summed E-state index contributed by atoms with van der Waals surface area (Å²) in [6.45, 7) is 1.86. The number of hydrogen-bond donors (Lipinski definition) is 0. The van der Waals surface area contributed by atoms with Crippen molar-refractivity contribution < 1.29 is 13.9 Å². The van der Waals surface area contributed by atoms with E-state index in [9.17, 15) is 4.79 Å². The van der Waals surface area contributed by atoms with Crippen LogP contribution in [0.1, 0.15) is 21.8 Å². The number of aromatic nitrogens is 2. The van der Waals surface area contributed by atoms with Gasteiger partial charge in [-0.2, -0.15) is 0 Å². The first-order valence-corrected chi connectivity index (χ1v) is 7.32. The van der Waals surface area contributed by atoms with Gasteiger partial charge in [-0.3, -0.25) is 0 Å². The Kier molecular flexibility index (Phi) is 4.39. The zero-order valence-corrected chi connectivity index (χ0v) is 13.1. The van der Waals surface area contributed by atoms with Crippen molar-refractivity contribution in [3.8, 4) is 11.5 Å². The van der Waals surface area contributed by atoms with Crippen LogP contribution in [0.4, 0.5) is 0 Å². The number of aryl methyl sites for hydroxylation is 1. The summed E-state index contributed by atoms with van der Waals surface area (Å²) >= 11 is 6.08. The molecule has 3 aromatic rings. The van der Waals surface area contributed by atoms with E-state index in [1.54, 1.807) is 24.3 Å². The molecule has 0 aliphatic heterocycles. The lowest BCUT2D eigenvalue weighted by molar-refractivity contribution is 0.0438. The van der Waals surface area contributed by atoms with E-state index < -0.39 is 5.97 Å². The summed E-state index contributed by atoms with van der Waals surface area (Å²) in [5.74, 6) is 0.0554. The van der Waals surface area contributed by atoms with Crippen LogP contribution in [0.2, 0.25) is 5.02 Å². The lowest BCUT2D eigenvalue weighted by Crippen LogP contribution is -2.05. The monoisotopic (exact) mass is 328 g/mol. The summed E-state index contributed by atoms with van der Waals surface area (Å²) in [4.78, 5) is 11.9. The standard InChI is InChI=1S/C17H13ClN2O3/c1-11-6-8-12(9-7-11)17(21)22-10-15-19-20-16(23-15)13-4-2-3-5-14(13)18/h2-9H,10H2,1H3. The second-order valence-corrected chi connectivity index (χ2v) is 5.33. The Morgan fingerprint density at radius 1 is 1.13 bits per heavy atom. The molecule has 0 fully saturated rings. The number of hydrogen-bond acceptors (Lipinski definition) is 5. The smallest absolute Gasteiger partial charge is 0.338 e. The Hall–Kier alpha value is -2.66. The molecule has 0 N–H and O–H groups in total. The molecule has 0 bridgehead atoms. The summed E-state index contributed by atoms with van der Waals surface area (Å²) < 4.78 is 10.6. The Balaban J connectivity index is 1.67. The fourth-order valence-electron chi connectivity index (χ4n) is 1.96. The summed E-state index contributed by atoms with van der Waals surface area (Å²) in [6, 6.07) is 14.3. The SMILES string of the molecule is Cc1ccc(C(=O)OCc2nnc(-c3ccccc3Cl)o2)cc1. The van der Waals surface area contributed by atoms with Gasteiger partial charge in [0.25, 0.3) is 5.89 Å². The predicted octanol–water partition coefficient (Wildman–Crippen LogP) is 4.06. The highest BCUT2D eigenvalue weighted by atomic mass is 35.5. The van der Waals surface area contributed by atoms with Crippen molar-refractivity contribution in [2.24, 2.45) is 0 Å². The van der Waals surface area contributed by atoms with Gasteiger partial charge in [-0.25, -0.2) is 4.79 Å². The minimum absolute atomic E-state index is 0.0931. The molecule has 5 nitrogen and oxygen atoms in total. The topological polar surface area (TPSA) is 65.2 Å². The van der Waals surface area contributed by atoms with Gasteiger partial charge in [-0.1, -0.05) is 41.4 Å². The molecule has 0 aliphatic rings. The Morgan fingerprint density at radius 2 is 1.87 bits per heavy atom. The van der Waals surface area contributed by atoms with Crippen LogP contribution in [0.25, 0.3) is 11.5 Å². The number of benzene rings is 2. The van der Waals surface area contributed by atoms with Crippen molar-refractivity contribution in [2.75, 3.05) is 0 Å². The molecule has 1 aromatic heterocycles. The van der Waals surface area contributed by atoms with Gasteiger partial charge in [0.05, 0.1) is 16.1 Å². The van der Waals surface area contributed by atoms with E-state index in [-0.39, 0.29) is 18.4 Å². The van der Waals surface area contributed by atoms with Gasteiger partial charge >= 0.3 is 5.97 Å². The Labute approximate surface area is 137 Å². The van der Waals surface area contributed by atoms with Crippen LogP contribution in [-0.4, -0.2) is 16.2 Å². The number of rotatable bonds is 4. The third-order valence-corrected chi connectivity index (χ3v) is 3.51. The molecule has 0 unspecified atom stereocenters. The van der Waals surface area contributed by atoms with E-state index in [1.165, 1.54) is 0 Å². The first kappa shape index (κ1) is 15.2. The zero-order valence-electron chi connectivity index (χ0n) is 12.3. The molecule has 2 aromatic carbocycles. The minimum atomic E-state index is -0.442.